The molecule has 4 nitrogen and oxygen atoms in total. The minimum absolute atomic E-state index is 0.607. The number of benzene rings is 5. The first-order chi connectivity index (χ1) is 19.3. The number of rotatable bonds is 4. The number of para-hydroxylation sites is 3. The Morgan fingerprint density at radius 3 is 2.00 bits per heavy atom. The summed E-state index contributed by atoms with van der Waals surface area (Å²) in [5.41, 5.74) is 8.56. The van der Waals surface area contributed by atoms with Crippen molar-refractivity contribution in [2.24, 2.45) is 0 Å². The Bertz CT molecular complexity index is 2000. The predicted molar refractivity (Wildman–Crippen MR) is 157 cm³/mol. The van der Waals surface area contributed by atoms with Crippen LogP contribution in [-0.2, 0) is 0 Å². The van der Waals surface area contributed by atoms with Crippen LogP contribution in [-0.4, -0.2) is 14.5 Å². The van der Waals surface area contributed by atoms with Gasteiger partial charge in [0.2, 0.25) is 0 Å². The molecule has 2 aromatic heterocycles. The second kappa shape index (κ2) is 9.41. The molecule has 0 spiro atoms. The van der Waals surface area contributed by atoms with E-state index in [1.54, 1.807) is 0 Å². The van der Waals surface area contributed by atoms with Crippen molar-refractivity contribution < 1.29 is 0 Å². The molecule has 2 heterocycles. The summed E-state index contributed by atoms with van der Waals surface area (Å²) in [6, 6.07) is 47.3. The largest absolute Gasteiger partial charge is 0.309 e. The Kier molecular flexibility index (Phi) is 5.46. The summed E-state index contributed by atoms with van der Waals surface area (Å²) in [4.78, 5) is 10.1. The highest BCUT2D eigenvalue weighted by atomic mass is 15.0. The zero-order chi connectivity index (χ0) is 26.2. The summed E-state index contributed by atoms with van der Waals surface area (Å²) in [5.74, 6) is 0.621. The lowest BCUT2D eigenvalue weighted by Gasteiger charge is -2.13. The van der Waals surface area contributed by atoms with E-state index in [1.165, 1.54) is 10.8 Å². The lowest BCUT2D eigenvalue weighted by atomic mass is 10.0. The van der Waals surface area contributed by atoms with Crippen LogP contribution in [0.1, 0.15) is 5.56 Å². The number of nitriles is 1. The molecular weight excluding hydrogens is 476 g/mol. The first-order valence-corrected chi connectivity index (χ1v) is 12.8. The number of fused-ring (bicyclic) bond motifs is 3. The SMILES string of the molecule is N#Cc1ccc(-c2nc(-c3ccccc3)cc(-c3cccc4c5ccccc5n(-c5ccccc5)c34)n2)cc1. The van der Waals surface area contributed by atoms with E-state index >= 15 is 0 Å². The zero-order valence-corrected chi connectivity index (χ0v) is 21.0. The van der Waals surface area contributed by atoms with Crippen molar-refractivity contribution in [3.63, 3.8) is 0 Å². The molecule has 0 atom stereocenters. The topological polar surface area (TPSA) is 54.5 Å². The Hall–Kier alpha value is -5.53. The lowest BCUT2D eigenvalue weighted by molar-refractivity contribution is 1.16. The average molecular weight is 499 g/mol. The van der Waals surface area contributed by atoms with Gasteiger partial charge in [0.25, 0.3) is 0 Å². The second-order valence-corrected chi connectivity index (χ2v) is 9.41. The monoisotopic (exact) mass is 498 g/mol. The fraction of sp³-hybridized carbons (Fsp3) is 0. The van der Waals surface area contributed by atoms with Gasteiger partial charge in [-0.25, -0.2) is 9.97 Å². The Morgan fingerprint density at radius 1 is 0.564 bits per heavy atom. The average Bonchev–Trinajstić information content (AvgIpc) is 3.36. The van der Waals surface area contributed by atoms with Gasteiger partial charge in [-0.15, -0.1) is 0 Å². The van der Waals surface area contributed by atoms with E-state index in [0.717, 1.165) is 44.8 Å². The van der Waals surface area contributed by atoms with Gasteiger partial charge in [-0.1, -0.05) is 84.9 Å². The number of nitrogens with zero attached hydrogens (tertiary/aromatic N) is 4. The van der Waals surface area contributed by atoms with Gasteiger partial charge < -0.3 is 4.57 Å². The van der Waals surface area contributed by atoms with Gasteiger partial charge in [0.05, 0.1) is 34.1 Å². The molecule has 0 amide bonds. The molecule has 0 unspecified atom stereocenters. The standard InChI is InChI=1S/C35H22N4/c36-23-24-18-20-26(21-19-24)35-37-31(25-10-3-1-4-11-25)22-32(38-35)30-16-9-15-29-28-14-7-8-17-33(28)39(34(29)30)27-12-5-2-6-13-27/h1-22H. The summed E-state index contributed by atoms with van der Waals surface area (Å²) in [5, 5.41) is 11.7. The highest BCUT2D eigenvalue weighted by molar-refractivity contribution is 6.13. The number of aromatic nitrogens is 3. The smallest absolute Gasteiger partial charge is 0.160 e. The summed E-state index contributed by atoms with van der Waals surface area (Å²) >= 11 is 0. The molecular formula is C35H22N4. The summed E-state index contributed by atoms with van der Waals surface area (Å²) in [6.45, 7) is 0. The quantitative estimate of drug-likeness (QED) is 0.245. The van der Waals surface area contributed by atoms with E-state index in [2.05, 4.69) is 95.6 Å². The zero-order valence-electron chi connectivity index (χ0n) is 21.0. The Morgan fingerprint density at radius 2 is 1.23 bits per heavy atom. The van der Waals surface area contributed by atoms with E-state index < -0.39 is 0 Å². The molecule has 0 aliphatic rings. The van der Waals surface area contributed by atoms with E-state index in [0.29, 0.717) is 11.4 Å². The van der Waals surface area contributed by atoms with Crippen molar-refractivity contribution in [3.05, 3.63) is 139 Å². The fourth-order valence-electron chi connectivity index (χ4n) is 5.24. The molecule has 0 aliphatic carbocycles. The van der Waals surface area contributed by atoms with Crippen molar-refractivity contribution in [2.75, 3.05) is 0 Å². The minimum atomic E-state index is 0.607. The van der Waals surface area contributed by atoms with Crippen molar-refractivity contribution >= 4 is 21.8 Å². The summed E-state index contributed by atoms with van der Waals surface area (Å²) < 4.78 is 2.33. The summed E-state index contributed by atoms with van der Waals surface area (Å²) in [7, 11) is 0. The first kappa shape index (κ1) is 22.7. The van der Waals surface area contributed by atoms with Gasteiger partial charge in [0.1, 0.15) is 0 Å². The third kappa shape index (κ3) is 3.94. The molecule has 0 saturated carbocycles. The van der Waals surface area contributed by atoms with Crippen molar-refractivity contribution in [3.8, 4) is 45.7 Å². The minimum Gasteiger partial charge on any atom is -0.309 e. The first-order valence-electron chi connectivity index (χ1n) is 12.8. The molecule has 4 heteroatoms. The molecule has 0 N–H and O–H groups in total. The molecule has 7 aromatic rings. The fourth-order valence-corrected chi connectivity index (χ4v) is 5.24. The van der Waals surface area contributed by atoms with E-state index in [4.69, 9.17) is 9.97 Å². The van der Waals surface area contributed by atoms with Crippen molar-refractivity contribution in [1.29, 1.82) is 5.26 Å². The maximum absolute atomic E-state index is 9.28. The van der Waals surface area contributed by atoms with Gasteiger partial charge in [-0.05, 0) is 48.5 Å². The summed E-state index contributed by atoms with van der Waals surface area (Å²) in [6.07, 6.45) is 0. The van der Waals surface area contributed by atoms with Crippen LogP contribution in [0.3, 0.4) is 0 Å². The van der Waals surface area contributed by atoms with E-state index in [-0.39, 0.29) is 0 Å². The van der Waals surface area contributed by atoms with Crippen LogP contribution in [0.25, 0.3) is 61.4 Å². The predicted octanol–water partition coefficient (Wildman–Crippen LogP) is 8.45. The van der Waals surface area contributed by atoms with Crippen LogP contribution in [0.15, 0.2) is 133 Å². The van der Waals surface area contributed by atoms with Crippen LogP contribution < -0.4 is 0 Å². The maximum atomic E-state index is 9.28. The molecule has 5 aromatic carbocycles. The van der Waals surface area contributed by atoms with Crippen molar-refractivity contribution in [2.45, 2.75) is 0 Å². The van der Waals surface area contributed by atoms with Crippen LogP contribution in [0, 0.1) is 11.3 Å². The molecule has 7 rings (SSSR count). The normalized spacial score (nSPS) is 11.1. The number of hydrogen-bond donors (Lipinski definition) is 0. The molecule has 0 saturated heterocycles. The maximum Gasteiger partial charge on any atom is 0.160 e. The van der Waals surface area contributed by atoms with Crippen LogP contribution >= 0.6 is 0 Å². The van der Waals surface area contributed by atoms with Crippen LogP contribution in [0.5, 0.6) is 0 Å². The third-order valence-corrected chi connectivity index (χ3v) is 7.05. The second-order valence-electron chi connectivity index (χ2n) is 9.41. The third-order valence-electron chi connectivity index (χ3n) is 7.05. The molecule has 39 heavy (non-hydrogen) atoms. The highest BCUT2D eigenvalue weighted by Crippen LogP contribution is 2.38. The lowest BCUT2D eigenvalue weighted by Crippen LogP contribution is -1.99. The van der Waals surface area contributed by atoms with Gasteiger partial charge in [-0.3, -0.25) is 0 Å². The van der Waals surface area contributed by atoms with Gasteiger partial charge in [0, 0.05) is 33.2 Å². The number of hydrogen-bond acceptors (Lipinski definition) is 3. The van der Waals surface area contributed by atoms with Gasteiger partial charge >= 0.3 is 0 Å². The molecule has 0 aliphatic heterocycles. The van der Waals surface area contributed by atoms with E-state index in [1.807, 2.05) is 48.5 Å². The Labute approximate surface area is 226 Å². The molecule has 0 bridgehead atoms. The highest BCUT2D eigenvalue weighted by Gasteiger charge is 2.18. The van der Waals surface area contributed by atoms with Crippen molar-refractivity contribution in [1.82, 2.24) is 14.5 Å². The van der Waals surface area contributed by atoms with Gasteiger partial charge in [-0.2, -0.15) is 5.26 Å². The van der Waals surface area contributed by atoms with Gasteiger partial charge in [0.15, 0.2) is 5.82 Å². The Balaban J connectivity index is 1.55. The van der Waals surface area contributed by atoms with Crippen LogP contribution in [0.2, 0.25) is 0 Å². The molecule has 182 valence electrons. The molecule has 0 radical (unpaired) electrons. The van der Waals surface area contributed by atoms with E-state index in [9.17, 15) is 5.26 Å². The molecule has 0 fully saturated rings. The van der Waals surface area contributed by atoms with Crippen LogP contribution in [0.4, 0.5) is 0 Å².